The Morgan fingerprint density at radius 2 is 2.22 bits per heavy atom. The molecule has 2 aromatic rings. The van der Waals surface area contributed by atoms with E-state index in [1.807, 2.05) is 16.8 Å². The average Bonchev–Trinajstić information content (AvgIpc) is 2.89. The molecule has 0 aliphatic carbocycles. The fraction of sp³-hybridized carbons (Fsp3) is 0.167. The summed E-state index contributed by atoms with van der Waals surface area (Å²) in [4.78, 5) is 10.1. The highest BCUT2D eigenvalue weighted by atomic mass is 32.1. The van der Waals surface area contributed by atoms with Gasteiger partial charge in [0.25, 0.3) is 5.69 Å². The molecular weight excluding hydrogens is 254 g/mol. The molecule has 1 N–H and O–H groups in total. The molecule has 0 unspecified atom stereocenters. The number of aliphatic hydroxyl groups excluding tert-OH is 1. The molecule has 0 radical (unpaired) electrons. The van der Waals surface area contributed by atoms with Crippen LogP contribution in [0, 0.1) is 10.1 Å². The van der Waals surface area contributed by atoms with Crippen molar-refractivity contribution < 1.29 is 14.8 Å². The van der Waals surface area contributed by atoms with Crippen LogP contribution in [0.1, 0.15) is 11.1 Å². The lowest BCUT2D eigenvalue weighted by Crippen LogP contribution is -1.99. The molecule has 0 saturated heterocycles. The molecule has 6 heteroatoms. The third-order valence-electron chi connectivity index (χ3n) is 2.40. The van der Waals surface area contributed by atoms with Crippen LogP contribution in [0.15, 0.2) is 35.0 Å². The van der Waals surface area contributed by atoms with E-state index in [2.05, 4.69) is 0 Å². The lowest BCUT2D eigenvalue weighted by Gasteiger charge is -2.09. The molecule has 0 atom stereocenters. The molecule has 0 fully saturated rings. The Bertz CT molecular complexity index is 539. The summed E-state index contributed by atoms with van der Waals surface area (Å²) in [5.74, 6) is 0.467. The summed E-state index contributed by atoms with van der Waals surface area (Å²) in [5.41, 5.74) is 1.39. The van der Waals surface area contributed by atoms with Crippen molar-refractivity contribution in [3.05, 3.63) is 56.3 Å². The van der Waals surface area contributed by atoms with Crippen LogP contribution in [-0.2, 0) is 13.2 Å². The Labute approximate surface area is 107 Å². The van der Waals surface area contributed by atoms with Gasteiger partial charge < -0.3 is 9.84 Å². The number of aliphatic hydroxyl groups is 1. The van der Waals surface area contributed by atoms with E-state index < -0.39 is 4.92 Å². The van der Waals surface area contributed by atoms with E-state index in [0.29, 0.717) is 17.9 Å². The van der Waals surface area contributed by atoms with E-state index in [9.17, 15) is 15.2 Å². The highest BCUT2D eigenvalue weighted by Gasteiger charge is 2.11. The van der Waals surface area contributed by atoms with Crippen molar-refractivity contribution in [3.8, 4) is 5.75 Å². The summed E-state index contributed by atoms with van der Waals surface area (Å²) in [6, 6.07) is 6.13. The normalized spacial score (nSPS) is 10.3. The number of rotatable bonds is 5. The maximum atomic E-state index is 10.6. The van der Waals surface area contributed by atoms with Gasteiger partial charge in [-0.05, 0) is 28.5 Å². The van der Waals surface area contributed by atoms with Crippen LogP contribution in [0.2, 0.25) is 0 Å². The van der Waals surface area contributed by atoms with E-state index >= 15 is 0 Å². The Morgan fingerprint density at radius 3 is 2.83 bits per heavy atom. The highest BCUT2D eigenvalue weighted by molar-refractivity contribution is 7.07. The molecule has 0 aliphatic rings. The first-order valence-corrected chi connectivity index (χ1v) is 6.17. The van der Waals surface area contributed by atoms with Crippen molar-refractivity contribution in [1.29, 1.82) is 0 Å². The summed E-state index contributed by atoms with van der Waals surface area (Å²) < 4.78 is 5.53. The summed E-state index contributed by atoms with van der Waals surface area (Å²) in [6.07, 6.45) is 0. The van der Waals surface area contributed by atoms with Crippen molar-refractivity contribution in [2.45, 2.75) is 13.2 Å². The average molecular weight is 265 g/mol. The second-order valence-electron chi connectivity index (χ2n) is 3.63. The number of nitrogens with zero attached hydrogens (tertiary/aromatic N) is 1. The molecule has 0 aliphatic heterocycles. The lowest BCUT2D eigenvalue weighted by atomic mass is 10.2. The van der Waals surface area contributed by atoms with Gasteiger partial charge in [0.1, 0.15) is 12.4 Å². The van der Waals surface area contributed by atoms with Gasteiger partial charge in [0.2, 0.25) is 0 Å². The number of hydrogen-bond acceptors (Lipinski definition) is 5. The van der Waals surface area contributed by atoms with Crippen molar-refractivity contribution >= 4 is 17.0 Å². The quantitative estimate of drug-likeness (QED) is 0.666. The number of ether oxygens (including phenoxy) is 1. The van der Waals surface area contributed by atoms with Crippen LogP contribution in [0.4, 0.5) is 5.69 Å². The second kappa shape index (κ2) is 5.61. The van der Waals surface area contributed by atoms with Crippen LogP contribution < -0.4 is 4.74 Å². The summed E-state index contributed by atoms with van der Waals surface area (Å²) >= 11 is 1.57. The number of hydrogen-bond donors (Lipinski definition) is 1. The third kappa shape index (κ3) is 2.85. The Balaban J connectivity index is 2.14. The number of nitro groups is 1. The molecule has 0 amide bonds. The predicted octanol–water partition coefficient (Wildman–Crippen LogP) is 2.73. The number of non-ortho nitro benzene ring substituents is 1. The van der Waals surface area contributed by atoms with E-state index in [1.165, 1.54) is 18.2 Å². The molecule has 0 bridgehead atoms. The fourth-order valence-corrected chi connectivity index (χ4v) is 2.13. The first kappa shape index (κ1) is 12.5. The number of benzene rings is 1. The first-order valence-electron chi connectivity index (χ1n) is 5.23. The zero-order valence-corrected chi connectivity index (χ0v) is 10.2. The van der Waals surface area contributed by atoms with Crippen LogP contribution >= 0.6 is 11.3 Å². The maximum absolute atomic E-state index is 10.6. The first-order chi connectivity index (χ1) is 8.70. The van der Waals surface area contributed by atoms with Crippen LogP contribution in [0.5, 0.6) is 5.75 Å². The van der Waals surface area contributed by atoms with Gasteiger partial charge in [0.05, 0.1) is 11.5 Å². The third-order valence-corrected chi connectivity index (χ3v) is 3.13. The van der Waals surface area contributed by atoms with Gasteiger partial charge in [-0.3, -0.25) is 10.1 Å². The molecule has 94 valence electrons. The van der Waals surface area contributed by atoms with Gasteiger partial charge in [-0.15, -0.1) is 0 Å². The predicted molar refractivity (Wildman–Crippen MR) is 67.7 cm³/mol. The fourth-order valence-electron chi connectivity index (χ4n) is 1.48. The number of nitro benzene ring substituents is 1. The van der Waals surface area contributed by atoms with Gasteiger partial charge in [0.15, 0.2) is 0 Å². The minimum absolute atomic E-state index is 0.0538. The molecule has 1 aromatic heterocycles. The van der Waals surface area contributed by atoms with Gasteiger partial charge in [-0.25, -0.2) is 0 Å². The lowest BCUT2D eigenvalue weighted by molar-refractivity contribution is -0.385. The Morgan fingerprint density at radius 1 is 1.39 bits per heavy atom. The largest absolute Gasteiger partial charge is 0.488 e. The van der Waals surface area contributed by atoms with Crippen LogP contribution in [-0.4, -0.2) is 10.0 Å². The molecule has 5 nitrogen and oxygen atoms in total. The molecule has 1 aromatic carbocycles. The Kier molecular flexibility index (Phi) is 3.91. The summed E-state index contributed by atoms with van der Waals surface area (Å²) in [6.45, 7) is 0.0922. The summed E-state index contributed by atoms with van der Waals surface area (Å²) in [5, 5.41) is 23.7. The molecule has 0 saturated carbocycles. The molecule has 1 heterocycles. The zero-order chi connectivity index (χ0) is 13.0. The second-order valence-corrected chi connectivity index (χ2v) is 4.41. The van der Waals surface area contributed by atoms with Crippen molar-refractivity contribution in [2.24, 2.45) is 0 Å². The van der Waals surface area contributed by atoms with Crippen molar-refractivity contribution in [1.82, 2.24) is 0 Å². The standard InChI is InChI=1S/C12H11NO4S/c14-6-10-5-11(13(15)16)1-2-12(10)17-7-9-3-4-18-8-9/h1-5,8,14H,6-7H2. The van der Waals surface area contributed by atoms with E-state index in [4.69, 9.17) is 4.74 Å². The highest BCUT2D eigenvalue weighted by Crippen LogP contribution is 2.25. The van der Waals surface area contributed by atoms with Crippen molar-refractivity contribution in [2.75, 3.05) is 0 Å². The smallest absolute Gasteiger partial charge is 0.270 e. The Hall–Kier alpha value is -1.92. The van der Waals surface area contributed by atoms with E-state index in [0.717, 1.165) is 5.56 Å². The van der Waals surface area contributed by atoms with Gasteiger partial charge in [-0.1, -0.05) is 0 Å². The maximum Gasteiger partial charge on any atom is 0.270 e. The SMILES string of the molecule is O=[N+]([O-])c1ccc(OCc2ccsc2)c(CO)c1. The van der Waals surface area contributed by atoms with Crippen LogP contribution in [0.25, 0.3) is 0 Å². The minimum Gasteiger partial charge on any atom is -0.488 e. The van der Waals surface area contributed by atoms with Crippen molar-refractivity contribution in [3.63, 3.8) is 0 Å². The van der Waals surface area contributed by atoms with Gasteiger partial charge in [-0.2, -0.15) is 11.3 Å². The zero-order valence-electron chi connectivity index (χ0n) is 9.41. The monoisotopic (exact) mass is 265 g/mol. The number of thiophene rings is 1. The molecule has 18 heavy (non-hydrogen) atoms. The topological polar surface area (TPSA) is 72.6 Å². The minimum atomic E-state index is -0.498. The van der Waals surface area contributed by atoms with E-state index in [-0.39, 0.29) is 12.3 Å². The summed E-state index contributed by atoms with van der Waals surface area (Å²) in [7, 11) is 0. The molecular formula is C12H11NO4S. The molecule has 0 spiro atoms. The van der Waals surface area contributed by atoms with Crippen LogP contribution in [0.3, 0.4) is 0 Å². The molecule has 2 rings (SSSR count). The van der Waals surface area contributed by atoms with Gasteiger partial charge in [0, 0.05) is 17.7 Å². The van der Waals surface area contributed by atoms with E-state index in [1.54, 1.807) is 11.3 Å². The van der Waals surface area contributed by atoms with Gasteiger partial charge >= 0.3 is 0 Å².